The van der Waals surface area contributed by atoms with Crippen molar-refractivity contribution in [1.82, 2.24) is 4.72 Å². The molecule has 0 amide bonds. The molecule has 1 rings (SSSR count). The molecule has 0 saturated heterocycles. The standard InChI is InChI=1S/C10H13ClFNO4S/c11-9-7-8(12)1-2-10(9)18(15,16)13-3-5-17-6-4-14/h1-2,7,13-14H,3-6H2. The number of hydrogen-bond donors (Lipinski definition) is 2. The summed E-state index contributed by atoms with van der Waals surface area (Å²) < 4.78 is 43.5. The number of ether oxygens (including phenoxy) is 1. The van der Waals surface area contributed by atoms with Crippen LogP contribution in [0.5, 0.6) is 0 Å². The van der Waals surface area contributed by atoms with Gasteiger partial charge in [0.25, 0.3) is 0 Å². The van der Waals surface area contributed by atoms with Crippen LogP contribution in [0.4, 0.5) is 4.39 Å². The fourth-order valence-electron chi connectivity index (χ4n) is 1.19. The molecule has 0 radical (unpaired) electrons. The molecular formula is C10H13ClFNO4S. The Kier molecular flexibility index (Phi) is 5.97. The third kappa shape index (κ3) is 4.51. The zero-order valence-electron chi connectivity index (χ0n) is 9.40. The highest BCUT2D eigenvalue weighted by atomic mass is 35.5. The Morgan fingerprint density at radius 1 is 1.39 bits per heavy atom. The molecule has 0 bridgehead atoms. The lowest BCUT2D eigenvalue weighted by molar-refractivity contribution is 0.0961. The highest BCUT2D eigenvalue weighted by Gasteiger charge is 2.17. The van der Waals surface area contributed by atoms with Gasteiger partial charge in [-0.15, -0.1) is 0 Å². The summed E-state index contributed by atoms with van der Waals surface area (Å²) in [7, 11) is -3.79. The van der Waals surface area contributed by atoms with E-state index >= 15 is 0 Å². The topological polar surface area (TPSA) is 75.6 Å². The molecule has 0 saturated carbocycles. The van der Waals surface area contributed by atoms with Gasteiger partial charge in [0.1, 0.15) is 10.7 Å². The summed E-state index contributed by atoms with van der Waals surface area (Å²) >= 11 is 5.65. The molecule has 0 atom stereocenters. The first kappa shape index (κ1) is 15.3. The minimum absolute atomic E-state index is 0.0377. The zero-order valence-corrected chi connectivity index (χ0v) is 11.0. The lowest BCUT2D eigenvalue weighted by atomic mass is 10.3. The Balaban J connectivity index is 2.63. The Bertz CT molecular complexity index is 495. The largest absolute Gasteiger partial charge is 0.394 e. The predicted molar refractivity (Wildman–Crippen MR) is 64.5 cm³/mol. The third-order valence-electron chi connectivity index (χ3n) is 1.96. The molecule has 102 valence electrons. The van der Waals surface area contributed by atoms with Crippen LogP contribution in [0.3, 0.4) is 0 Å². The van der Waals surface area contributed by atoms with E-state index in [-0.39, 0.29) is 36.3 Å². The summed E-state index contributed by atoms with van der Waals surface area (Å²) in [5.41, 5.74) is 0. The molecule has 0 aliphatic carbocycles. The summed E-state index contributed by atoms with van der Waals surface area (Å²) in [6.45, 7) is 0.171. The van der Waals surface area contributed by atoms with Gasteiger partial charge in [-0.3, -0.25) is 0 Å². The molecule has 2 N–H and O–H groups in total. The summed E-state index contributed by atoms with van der Waals surface area (Å²) in [5.74, 6) is -0.606. The Morgan fingerprint density at radius 3 is 2.72 bits per heavy atom. The van der Waals surface area contributed by atoms with E-state index in [4.69, 9.17) is 21.4 Å². The fourth-order valence-corrected chi connectivity index (χ4v) is 2.73. The molecule has 5 nitrogen and oxygen atoms in total. The van der Waals surface area contributed by atoms with Crippen LogP contribution in [0.25, 0.3) is 0 Å². The van der Waals surface area contributed by atoms with E-state index < -0.39 is 15.8 Å². The molecule has 0 aliphatic heterocycles. The second-order valence-corrected chi connectivity index (χ2v) is 5.45. The van der Waals surface area contributed by atoms with Gasteiger partial charge in [0, 0.05) is 6.54 Å². The molecule has 0 spiro atoms. The van der Waals surface area contributed by atoms with Crippen molar-refractivity contribution >= 4 is 21.6 Å². The van der Waals surface area contributed by atoms with Crippen molar-refractivity contribution in [3.8, 4) is 0 Å². The van der Waals surface area contributed by atoms with Crippen molar-refractivity contribution in [2.75, 3.05) is 26.4 Å². The average Bonchev–Trinajstić information content (AvgIpc) is 2.28. The SMILES string of the molecule is O=S(=O)(NCCOCCO)c1ccc(F)cc1Cl. The normalized spacial score (nSPS) is 11.7. The van der Waals surface area contributed by atoms with E-state index in [0.717, 1.165) is 18.2 Å². The van der Waals surface area contributed by atoms with Crippen LogP contribution in [0.1, 0.15) is 0 Å². The van der Waals surface area contributed by atoms with Crippen molar-refractivity contribution in [3.05, 3.63) is 29.0 Å². The van der Waals surface area contributed by atoms with Gasteiger partial charge in [0.2, 0.25) is 10.0 Å². The number of benzene rings is 1. The minimum atomic E-state index is -3.79. The highest BCUT2D eigenvalue weighted by Crippen LogP contribution is 2.21. The average molecular weight is 298 g/mol. The maximum Gasteiger partial charge on any atom is 0.242 e. The van der Waals surface area contributed by atoms with Crippen LogP contribution < -0.4 is 4.72 Å². The quantitative estimate of drug-likeness (QED) is 0.729. The van der Waals surface area contributed by atoms with Gasteiger partial charge in [-0.2, -0.15) is 0 Å². The fraction of sp³-hybridized carbons (Fsp3) is 0.400. The van der Waals surface area contributed by atoms with E-state index in [0.29, 0.717) is 0 Å². The van der Waals surface area contributed by atoms with Gasteiger partial charge in [-0.25, -0.2) is 17.5 Å². The van der Waals surface area contributed by atoms with E-state index in [2.05, 4.69) is 4.72 Å². The van der Waals surface area contributed by atoms with Crippen molar-refractivity contribution in [3.63, 3.8) is 0 Å². The molecule has 0 aliphatic rings. The molecule has 0 fully saturated rings. The number of hydrogen-bond acceptors (Lipinski definition) is 4. The van der Waals surface area contributed by atoms with E-state index in [1.807, 2.05) is 0 Å². The molecule has 18 heavy (non-hydrogen) atoms. The van der Waals surface area contributed by atoms with E-state index in [1.165, 1.54) is 0 Å². The van der Waals surface area contributed by atoms with Crippen LogP contribution in [0.2, 0.25) is 5.02 Å². The predicted octanol–water partition coefficient (Wildman–Crippen LogP) is 0.766. The Hall–Kier alpha value is -0.730. The molecule has 1 aromatic carbocycles. The van der Waals surface area contributed by atoms with Crippen LogP contribution in [-0.2, 0) is 14.8 Å². The highest BCUT2D eigenvalue weighted by molar-refractivity contribution is 7.89. The van der Waals surface area contributed by atoms with Gasteiger partial charge < -0.3 is 9.84 Å². The summed E-state index contributed by atoms with van der Waals surface area (Å²) in [5, 5.41) is 8.27. The molecule has 0 heterocycles. The number of aliphatic hydroxyl groups excluding tert-OH is 1. The number of halogens is 2. The lowest BCUT2D eigenvalue weighted by Crippen LogP contribution is -2.28. The zero-order chi connectivity index (χ0) is 13.6. The molecule has 8 heteroatoms. The molecule has 0 aromatic heterocycles. The van der Waals surface area contributed by atoms with Crippen LogP contribution >= 0.6 is 11.6 Å². The summed E-state index contributed by atoms with van der Waals surface area (Å²) in [6, 6.07) is 3.04. The van der Waals surface area contributed by atoms with Crippen LogP contribution in [0, 0.1) is 5.82 Å². The number of aliphatic hydroxyl groups is 1. The van der Waals surface area contributed by atoms with Crippen molar-refractivity contribution < 1.29 is 22.7 Å². The summed E-state index contributed by atoms with van der Waals surface area (Å²) in [6.07, 6.45) is 0. The summed E-state index contributed by atoms with van der Waals surface area (Å²) in [4.78, 5) is -0.187. The van der Waals surface area contributed by atoms with Crippen molar-refractivity contribution in [2.45, 2.75) is 4.90 Å². The Labute approximate surface area is 110 Å². The lowest BCUT2D eigenvalue weighted by Gasteiger charge is -2.08. The van der Waals surface area contributed by atoms with Crippen LogP contribution in [0.15, 0.2) is 23.1 Å². The van der Waals surface area contributed by atoms with Gasteiger partial charge in [0.05, 0.1) is 24.8 Å². The first-order valence-electron chi connectivity index (χ1n) is 5.10. The number of sulfonamides is 1. The third-order valence-corrected chi connectivity index (χ3v) is 3.90. The van der Waals surface area contributed by atoms with Gasteiger partial charge in [0.15, 0.2) is 0 Å². The first-order chi connectivity index (χ1) is 8.47. The van der Waals surface area contributed by atoms with Gasteiger partial charge >= 0.3 is 0 Å². The second-order valence-electron chi connectivity index (χ2n) is 3.31. The van der Waals surface area contributed by atoms with Gasteiger partial charge in [-0.1, -0.05) is 11.6 Å². The van der Waals surface area contributed by atoms with Crippen LogP contribution in [-0.4, -0.2) is 39.9 Å². The van der Waals surface area contributed by atoms with E-state index in [9.17, 15) is 12.8 Å². The number of rotatable bonds is 7. The number of nitrogens with one attached hydrogen (secondary N) is 1. The monoisotopic (exact) mass is 297 g/mol. The maximum absolute atomic E-state index is 12.8. The van der Waals surface area contributed by atoms with E-state index in [1.54, 1.807) is 0 Å². The maximum atomic E-state index is 12.8. The smallest absolute Gasteiger partial charge is 0.242 e. The first-order valence-corrected chi connectivity index (χ1v) is 6.97. The van der Waals surface area contributed by atoms with Gasteiger partial charge in [-0.05, 0) is 18.2 Å². The molecule has 1 aromatic rings. The Morgan fingerprint density at radius 2 is 2.11 bits per heavy atom. The van der Waals surface area contributed by atoms with Crippen molar-refractivity contribution in [2.24, 2.45) is 0 Å². The second kappa shape index (κ2) is 7.01. The molecular weight excluding hydrogens is 285 g/mol. The van der Waals surface area contributed by atoms with Crippen molar-refractivity contribution in [1.29, 1.82) is 0 Å². The molecule has 0 unspecified atom stereocenters. The minimum Gasteiger partial charge on any atom is -0.394 e.